The van der Waals surface area contributed by atoms with Crippen LogP contribution in [0.2, 0.25) is 5.02 Å². The molecule has 1 heterocycles. The van der Waals surface area contributed by atoms with Gasteiger partial charge in [-0.1, -0.05) is 43.3 Å². The molecule has 20 heavy (non-hydrogen) atoms. The molecule has 0 atom stereocenters. The summed E-state index contributed by atoms with van der Waals surface area (Å²) in [5, 5.41) is 9.65. The molecule has 0 amide bonds. The van der Waals surface area contributed by atoms with Crippen LogP contribution in [0.25, 0.3) is 0 Å². The van der Waals surface area contributed by atoms with Gasteiger partial charge in [-0.3, -0.25) is 4.68 Å². The summed E-state index contributed by atoms with van der Waals surface area (Å²) in [6, 6.07) is 8.75. The Morgan fingerprint density at radius 1 is 1.35 bits per heavy atom. The number of nitrogens with zero attached hydrogens (tertiary/aromatic N) is 2. The van der Waals surface area contributed by atoms with Crippen molar-refractivity contribution in [3.8, 4) is 0 Å². The van der Waals surface area contributed by atoms with E-state index >= 15 is 0 Å². The number of benzene rings is 1. The molecule has 0 saturated heterocycles. The maximum absolute atomic E-state index is 6.35. The van der Waals surface area contributed by atoms with Gasteiger partial charge in [0.15, 0.2) is 0 Å². The van der Waals surface area contributed by atoms with Crippen LogP contribution in [0.3, 0.4) is 0 Å². The van der Waals surface area contributed by atoms with E-state index < -0.39 is 0 Å². The number of hydrogen-bond acceptors (Lipinski definition) is 3. The second kappa shape index (κ2) is 6.66. The SMILES string of the molecule is Cc1cc(Sc2ccc(CNC(C)C)c(Cl)c2)n(C)n1. The Morgan fingerprint density at radius 2 is 2.10 bits per heavy atom. The van der Waals surface area contributed by atoms with Crippen molar-refractivity contribution in [3.63, 3.8) is 0 Å². The Bertz CT molecular complexity index is 593. The predicted molar refractivity (Wildman–Crippen MR) is 85.5 cm³/mol. The first-order valence-electron chi connectivity index (χ1n) is 6.66. The lowest BCUT2D eigenvalue weighted by Crippen LogP contribution is -2.21. The summed E-state index contributed by atoms with van der Waals surface area (Å²) in [6.07, 6.45) is 0. The summed E-state index contributed by atoms with van der Waals surface area (Å²) in [5.74, 6) is 0. The van der Waals surface area contributed by atoms with Crippen LogP contribution in [0.1, 0.15) is 25.1 Å². The fourth-order valence-electron chi connectivity index (χ4n) is 1.85. The normalized spacial score (nSPS) is 11.3. The molecule has 0 spiro atoms. The zero-order valence-electron chi connectivity index (χ0n) is 12.3. The molecule has 0 radical (unpaired) electrons. The monoisotopic (exact) mass is 309 g/mol. The summed E-state index contributed by atoms with van der Waals surface area (Å²) >= 11 is 8.03. The zero-order chi connectivity index (χ0) is 14.7. The van der Waals surface area contributed by atoms with Gasteiger partial charge in [0, 0.05) is 29.6 Å². The predicted octanol–water partition coefficient (Wildman–Crippen LogP) is 4.03. The highest BCUT2D eigenvalue weighted by atomic mass is 35.5. The van der Waals surface area contributed by atoms with Crippen LogP contribution in [0.15, 0.2) is 34.2 Å². The highest BCUT2D eigenvalue weighted by molar-refractivity contribution is 7.99. The molecular weight excluding hydrogens is 290 g/mol. The average Bonchev–Trinajstić information content (AvgIpc) is 2.66. The minimum atomic E-state index is 0.456. The highest BCUT2D eigenvalue weighted by Crippen LogP contribution is 2.31. The molecule has 1 N–H and O–H groups in total. The van der Waals surface area contributed by atoms with Crippen LogP contribution < -0.4 is 5.32 Å². The van der Waals surface area contributed by atoms with Gasteiger partial charge in [0.25, 0.3) is 0 Å². The van der Waals surface area contributed by atoms with E-state index in [1.165, 1.54) is 0 Å². The van der Waals surface area contributed by atoms with Crippen molar-refractivity contribution in [2.24, 2.45) is 7.05 Å². The van der Waals surface area contributed by atoms with E-state index in [1.807, 2.05) is 24.7 Å². The molecule has 2 rings (SSSR count). The minimum absolute atomic E-state index is 0.456. The second-order valence-electron chi connectivity index (χ2n) is 5.14. The summed E-state index contributed by atoms with van der Waals surface area (Å²) in [4.78, 5) is 1.13. The minimum Gasteiger partial charge on any atom is -0.310 e. The van der Waals surface area contributed by atoms with Crippen molar-refractivity contribution in [1.82, 2.24) is 15.1 Å². The van der Waals surface area contributed by atoms with Crippen LogP contribution in [0.5, 0.6) is 0 Å². The lowest BCUT2D eigenvalue weighted by Gasteiger charge is -2.10. The molecule has 5 heteroatoms. The third-order valence-electron chi connectivity index (χ3n) is 2.91. The van der Waals surface area contributed by atoms with Crippen molar-refractivity contribution >= 4 is 23.4 Å². The van der Waals surface area contributed by atoms with Crippen LogP contribution in [-0.4, -0.2) is 15.8 Å². The molecule has 2 aromatic rings. The molecule has 0 saturated carbocycles. The largest absolute Gasteiger partial charge is 0.310 e. The summed E-state index contributed by atoms with van der Waals surface area (Å²) in [6.45, 7) is 7.05. The van der Waals surface area contributed by atoms with Crippen molar-refractivity contribution in [1.29, 1.82) is 0 Å². The van der Waals surface area contributed by atoms with Crippen LogP contribution in [0.4, 0.5) is 0 Å². The van der Waals surface area contributed by atoms with E-state index in [0.29, 0.717) is 6.04 Å². The van der Waals surface area contributed by atoms with Crippen molar-refractivity contribution in [2.75, 3.05) is 0 Å². The maximum atomic E-state index is 6.35. The van der Waals surface area contributed by atoms with E-state index in [2.05, 4.69) is 42.5 Å². The third-order valence-corrected chi connectivity index (χ3v) is 4.34. The first kappa shape index (κ1) is 15.4. The summed E-state index contributed by atoms with van der Waals surface area (Å²) in [7, 11) is 1.96. The average molecular weight is 310 g/mol. The van der Waals surface area contributed by atoms with Crippen molar-refractivity contribution < 1.29 is 0 Å². The highest BCUT2D eigenvalue weighted by Gasteiger charge is 2.07. The Balaban J connectivity index is 2.10. The van der Waals surface area contributed by atoms with Crippen LogP contribution >= 0.6 is 23.4 Å². The number of hydrogen-bond donors (Lipinski definition) is 1. The Kier molecular flexibility index (Phi) is 5.13. The summed E-state index contributed by atoms with van der Waals surface area (Å²) in [5.41, 5.74) is 2.16. The maximum Gasteiger partial charge on any atom is 0.0986 e. The Labute approximate surface area is 129 Å². The molecule has 0 aliphatic rings. The molecule has 108 valence electrons. The van der Waals surface area contributed by atoms with Crippen molar-refractivity contribution in [2.45, 2.75) is 43.3 Å². The lowest BCUT2D eigenvalue weighted by atomic mass is 10.2. The smallest absolute Gasteiger partial charge is 0.0986 e. The van der Waals surface area contributed by atoms with Gasteiger partial charge in [-0.15, -0.1) is 0 Å². The molecule has 1 aromatic carbocycles. The van der Waals surface area contributed by atoms with Crippen molar-refractivity contribution in [3.05, 3.63) is 40.5 Å². The lowest BCUT2D eigenvalue weighted by molar-refractivity contribution is 0.589. The van der Waals surface area contributed by atoms with Gasteiger partial charge in [0.05, 0.1) is 10.7 Å². The number of halogens is 1. The quantitative estimate of drug-likeness (QED) is 0.904. The molecule has 0 fully saturated rings. The van der Waals surface area contributed by atoms with Gasteiger partial charge in [-0.05, 0) is 30.7 Å². The van der Waals surface area contributed by atoms with Gasteiger partial charge in [0.1, 0.15) is 0 Å². The van der Waals surface area contributed by atoms with Crippen LogP contribution in [0, 0.1) is 6.92 Å². The Morgan fingerprint density at radius 3 is 2.65 bits per heavy atom. The van der Waals surface area contributed by atoms with Crippen LogP contribution in [-0.2, 0) is 13.6 Å². The van der Waals surface area contributed by atoms with E-state index in [-0.39, 0.29) is 0 Å². The van der Waals surface area contributed by atoms with Gasteiger partial charge >= 0.3 is 0 Å². The fraction of sp³-hybridized carbons (Fsp3) is 0.400. The van der Waals surface area contributed by atoms with Gasteiger partial charge < -0.3 is 5.32 Å². The number of rotatable bonds is 5. The molecule has 0 aliphatic heterocycles. The third kappa shape index (κ3) is 4.01. The molecule has 3 nitrogen and oxygen atoms in total. The number of aromatic nitrogens is 2. The topological polar surface area (TPSA) is 29.9 Å². The van der Waals surface area contributed by atoms with E-state index in [4.69, 9.17) is 11.6 Å². The number of nitrogens with one attached hydrogen (secondary N) is 1. The van der Waals surface area contributed by atoms with Gasteiger partial charge in [-0.2, -0.15) is 5.10 Å². The van der Waals surface area contributed by atoms with Gasteiger partial charge in [-0.25, -0.2) is 0 Å². The fourth-order valence-corrected chi connectivity index (χ4v) is 3.12. The number of aryl methyl sites for hydroxylation is 2. The second-order valence-corrected chi connectivity index (χ2v) is 6.64. The zero-order valence-corrected chi connectivity index (χ0v) is 13.8. The first-order valence-corrected chi connectivity index (χ1v) is 7.85. The molecule has 0 unspecified atom stereocenters. The van der Waals surface area contributed by atoms with Gasteiger partial charge in [0.2, 0.25) is 0 Å². The molecule has 0 aliphatic carbocycles. The van der Waals surface area contributed by atoms with E-state index in [0.717, 1.165) is 32.7 Å². The molecular formula is C15H20ClN3S. The summed E-state index contributed by atoms with van der Waals surface area (Å²) < 4.78 is 1.89. The Hall–Kier alpha value is -0.970. The van der Waals surface area contributed by atoms with E-state index in [1.54, 1.807) is 11.8 Å². The first-order chi connectivity index (χ1) is 9.45. The van der Waals surface area contributed by atoms with E-state index in [9.17, 15) is 0 Å². The molecule has 0 bridgehead atoms. The molecule has 1 aromatic heterocycles. The standard InChI is InChI=1S/C15H20ClN3S/c1-10(2)17-9-12-5-6-13(8-14(12)16)20-15-7-11(3)18-19(15)4/h5-8,10,17H,9H2,1-4H3.